The molecule has 21 heavy (non-hydrogen) atoms. The zero-order valence-electron chi connectivity index (χ0n) is 10.7. The summed E-state index contributed by atoms with van der Waals surface area (Å²) < 4.78 is 14.3. The molecular formula is C14H10FN3O2S. The van der Waals surface area contributed by atoms with E-state index in [9.17, 15) is 14.5 Å². The van der Waals surface area contributed by atoms with Gasteiger partial charge in [-0.1, -0.05) is 0 Å². The molecule has 7 heteroatoms. The van der Waals surface area contributed by atoms with Gasteiger partial charge in [-0.05, 0) is 30.3 Å². The highest BCUT2D eigenvalue weighted by Gasteiger charge is 2.14. The van der Waals surface area contributed by atoms with Gasteiger partial charge in [-0.25, -0.2) is 9.37 Å². The van der Waals surface area contributed by atoms with Crippen LogP contribution in [0.2, 0.25) is 0 Å². The number of nitrogens with one attached hydrogen (secondary N) is 1. The van der Waals surface area contributed by atoms with Gasteiger partial charge < -0.3 is 5.32 Å². The molecule has 1 heterocycles. The summed E-state index contributed by atoms with van der Waals surface area (Å²) in [5.74, 6) is -0.490. The van der Waals surface area contributed by atoms with Crippen molar-refractivity contribution in [3.63, 3.8) is 0 Å². The molecule has 2 aromatic carbocycles. The normalized spacial score (nSPS) is 10.7. The van der Waals surface area contributed by atoms with Gasteiger partial charge in [-0.2, -0.15) is 0 Å². The molecule has 0 radical (unpaired) electrons. The summed E-state index contributed by atoms with van der Waals surface area (Å²) in [6.07, 6.45) is 0. The second-order valence-corrected chi connectivity index (χ2v) is 5.30. The Kier molecular flexibility index (Phi) is 3.49. The molecule has 3 rings (SSSR count). The minimum absolute atomic E-state index is 0.0947. The highest BCUT2D eigenvalue weighted by atomic mass is 32.1. The standard InChI is InChI=1S/C14H10FN3O2S/c15-10-1-4-13(18(19)20)9(5-10)7-16-11-2-3-12-14(6-11)21-8-17-12/h1-6,8,16H,7H2. The van der Waals surface area contributed by atoms with Crippen LogP contribution < -0.4 is 5.32 Å². The summed E-state index contributed by atoms with van der Waals surface area (Å²) in [5.41, 5.74) is 3.69. The van der Waals surface area contributed by atoms with Gasteiger partial charge in [0, 0.05) is 18.3 Å². The van der Waals surface area contributed by atoms with Crippen LogP contribution in [0.15, 0.2) is 41.9 Å². The van der Waals surface area contributed by atoms with E-state index in [1.165, 1.54) is 23.5 Å². The molecule has 3 aromatic rings. The van der Waals surface area contributed by atoms with Crippen molar-refractivity contribution in [3.8, 4) is 0 Å². The zero-order valence-corrected chi connectivity index (χ0v) is 11.6. The van der Waals surface area contributed by atoms with Crippen molar-refractivity contribution in [2.24, 2.45) is 0 Å². The number of rotatable bonds is 4. The number of hydrogen-bond donors (Lipinski definition) is 1. The van der Waals surface area contributed by atoms with Crippen molar-refractivity contribution in [2.75, 3.05) is 5.32 Å². The lowest BCUT2D eigenvalue weighted by molar-refractivity contribution is -0.385. The van der Waals surface area contributed by atoms with Crippen LogP contribution in [0.3, 0.4) is 0 Å². The number of nitro benzene ring substituents is 1. The van der Waals surface area contributed by atoms with Crippen LogP contribution in [0.25, 0.3) is 10.2 Å². The van der Waals surface area contributed by atoms with E-state index < -0.39 is 10.7 Å². The Morgan fingerprint density at radius 3 is 2.95 bits per heavy atom. The number of halogens is 1. The maximum atomic E-state index is 13.2. The molecule has 0 fully saturated rings. The summed E-state index contributed by atoms with van der Waals surface area (Å²) in [7, 11) is 0. The second-order valence-electron chi connectivity index (χ2n) is 4.42. The van der Waals surface area contributed by atoms with Gasteiger partial charge in [0.2, 0.25) is 0 Å². The number of hydrogen-bond acceptors (Lipinski definition) is 5. The number of benzene rings is 2. The van der Waals surface area contributed by atoms with Crippen molar-refractivity contribution >= 4 is 32.9 Å². The van der Waals surface area contributed by atoms with Crippen LogP contribution in [-0.2, 0) is 6.54 Å². The van der Waals surface area contributed by atoms with Crippen LogP contribution >= 0.6 is 11.3 Å². The molecule has 0 spiro atoms. The van der Waals surface area contributed by atoms with E-state index >= 15 is 0 Å². The Labute approximate surface area is 123 Å². The van der Waals surface area contributed by atoms with Gasteiger partial charge >= 0.3 is 0 Å². The van der Waals surface area contributed by atoms with E-state index in [0.717, 1.165) is 22.0 Å². The molecule has 1 N–H and O–H groups in total. The smallest absolute Gasteiger partial charge is 0.274 e. The van der Waals surface area contributed by atoms with Crippen molar-refractivity contribution in [3.05, 3.63) is 63.4 Å². The van der Waals surface area contributed by atoms with E-state index in [1.807, 2.05) is 18.2 Å². The zero-order chi connectivity index (χ0) is 14.8. The Morgan fingerprint density at radius 1 is 1.29 bits per heavy atom. The quantitative estimate of drug-likeness (QED) is 0.585. The highest BCUT2D eigenvalue weighted by Crippen LogP contribution is 2.24. The van der Waals surface area contributed by atoms with Crippen LogP contribution in [0.5, 0.6) is 0 Å². The molecule has 0 amide bonds. The van der Waals surface area contributed by atoms with E-state index in [4.69, 9.17) is 0 Å². The molecule has 0 atom stereocenters. The van der Waals surface area contributed by atoms with Gasteiger partial charge in [0.1, 0.15) is 5.82 Å². The van der Waals surface area contributed by atoms with E-state index in [2.05, 4.69) is 10.3 Å². The number of nitro groups is 1. The first kappa shape index (κ1) is 13.4. The van der Waals surface area contributed by atoms with E-state index in [1.54, 1.807) is 5.51 Å². The fraction of sp³-hybridized carbons (Fsp3) is 0.0714. The number of thiazole rings is 1. The molecule has 0 saturated carbocycles. The molecule has 0 unspecified atom stereocenters. The third kappa shape index (κ3) is 2.82. The molecule has 106 valence electrons. The average molecular weight is 303 g/mol. The van der Waals surface area contributed by atoms with Crippen LogP contribution in [0, 0.1) is 15.9 Å². The summed E-state index contributed by atoms with van der Waals surface area (Å²) in [6.45, 7) is 0.179. The van der Waals surface area contributed by atoms with Crippen molar-refractivity contribution < 1.29 is 9.31 Å². The monoisotopic (exact) mass is 303 g/mol. The fourth-order valence-corrected chi connectivity index (χ4v) is 2.75. The lowest BCUT2D eigenvalue weighted by Gasteiger charge is -2.07. The Hall–Kier alpha value is -2.54. The summed E-state index contributed by atoms with van der Waals surface area (Å²) in [6, 6.07) is 9.07. The second kappa shape index (κ2) is 5.45. The summed E-state index contributed by atoms with van der Waals surface area (Å²) in [5, 5.41) is 14.0. The van der Waals surface area contributed by atoms with E-state index in [0.29, 0.717) is 5.56 Å². The van der Waals surface area contributed by atoms with Crippen LogP contribution in [0.1, 0.15) is 5.56 Å². The lowest BCUT2D eigenvalue weighted by atomic mass is 10.1. The summed E-state index contributed by atoms with van der Waals surface area (Å²) >= 11 is 1.51. The van der Waals surface area contributed by atoms with Crippen molar-refractivity contribution in [2.45, 2.75) is 6.54 Å². The topological polar surface area (TPSA) is 68.1 Å². The first-order valence-electron chi connectivity index (χ1n) is 6.13. The predicted molar refractivity (Wildman–Crippen MR) is 80.0 cm³/mol. The fourth-order valence-electron chi connectivity index (χ4n) is 2.04. The highest BCUT2D eigenvalue weighted by molar-refractivity contribution is 7.16. The van der Waals surface area contributed by atoms with Crippen LogP contribution in [-0.4, -0.2) is 9.91 Å². The number of anilines is 1. The SMILES string of the molecule is O=[N+]([O-])c1ccc(F)cc1CNc1ccc2ncsc2c1. The lowest BCUT2D eigenvalue weighted by Crippen LogP contribution is -2.03. The number of aromatic nitrogens is 1. The molecule has 0 bridgehead atoms. The molecule has 0 saturated heterocycles. The van der Waals surface area contributed by atoms with Gasteiger partial charge in [-0.3, -0.25) is 10.1 Å². The Bertz CT molecular complexity index is 819. The first-order chi connectivity index (χ1) is 10.1. The largest absolute Gasteiger partial charge is 0.381 e. The van der Waals surface area contributed by atoms with Crippen LogP contribution in [0.4, 0.5) is 15.8 Å². The number of nitrogens with zero attached hydrogens (tertiary/aromatic N) is 2. The molecule has 0 aliphatic rings. The summed E-state index contributed by atoms with van der Waals surface area (Å²) in [4.78, 5) is 14.6. The minimum atomic E-state index is -0.511. The number of fused-ring (bicyclic) bond motifs is 1. The van der Waals surface area contributed by atoms with Gasteiger partial charge in [0.25, 0.3) is 5.69 Å². The third-order valence-electron chi connectivity index (χ3n) is 3.05. The van der Waals surface area contributed by atoms with Crippen molar-refractivity contribution in [1.82, 2.24) is 4.98 Å². The maximum absolute atomic E-state index is 13.2. The molecule has 5 nitrogen and oxygen atoms in total. The van der Waals surface area contributed by atoms with Crippen molar-refractivity contribution in [1.29, 1.82) is 0 Å². The molecule has 0 aliphatic heterocycles. The van der Waals surface area contributed by atoms with Gasteiger partial charge in [0.15, 0.2) is 0 Å². The maximum Gasteiger partial charge on any atom is 0.274 e. The Morgan fingerprint density at radius 2 is 2.14 bits per heavy atom. The first-order valence-corrected chi connectivity index (χ1v) is 7.01. The average Bonchev–Trinajstić information content (AvgIpc) is 2.92. The van der Waals surface area contributed by atoms with Gasteiger partial charge in [-0.15, -0.1) is 11.3 Å². The Balaban J connectivity index is 1.83. The van der Waals surface area contributed by atoms with E-state index in [-0.39, 0.29) is 12.2 Å². The third-order valence-corrected chi connectivity index (χ3v) is 3.84. The van der Waals surface area contributed by atoms with Gasteiger partial charge in [0.05, 0.1) is 26.2 Å². The predicted octanol–water partition coefficient (Wildman–Crippen LogP) is 3.96. The molecular weight excluding hydrogens is 293 g/mol. The molecule has 0 aliphatic carbocycles. The molecule has 1 aromatic heterocycles. The minimum Gasteiger partial charge on any atom is -0.381 e.